The van der Waals surface area contributed by atoms with E-state index in [1.54, 1.807) is 0 Å². The van der Waals surface area contributed by atoms with Crippen molar-refractivity contribution >= 4 is 22.5 Å². The molecule has 0 saturated carbocycles. The summed E-state index contributed by atoms with van der Waals surface area (Å²) in [6.45, 7) is 8.72. The lowest BCUT2D eigenvalue weighted by atomic mass is 9.77. The molecular formula is C20H21N3. The Labute approximate surface area is 137 Å². The number of aromatic nitrogens is 2. The van der Waals surface area contributed by atoms with Gasteiger partial charge >= 0.3 is 0 Å². The van der Waals surface area contributed by atoms with Gasteiger partial charge in [0.05, 0.1) is 16.7 Å². The summed E-state index contributed by atoms with van der Waals surface area (Å²) >= 11 is 0. The average Bonchev–Trinajstić information content (AvgIpc) is 2.53. The average molecular weight is 303 g/mol. The number of rotatable bonds is 0. The van der Waals surface area contributed by atoms with E-state index in [0.29, 0.717) is 0 Å². The van der Waals surface area contributed by atoms with Gasteiger partial charge in [-0.25, -0.2) is 9.97 Å². The minimum absolute atomic E-state index is 0.154. The van der Waals surface area contributed by atoms with E-state index in [-0.39, 0.29) is 5.41 Å². The van der Waals surface area contributed by atoms with Gasteiger partial charge in [0.25, 0.3) is 0 Å². The predicted octanol–water partition coefficient (Wildman–Crippen LogP) is 4.65. The molecule has 0 aliphatic carbocycles. The third-order valence-corrected chi connectivity index (χ3v) is 5.11. The molecule has 1 aliphatic rings. The molecule has 0 radical (unpaired) electrons. The fourth-order valence-corrected chi connectivity index (χ4v) is 3.49. The van der Waals surface area contributed by atoms with Gasteiger partial charge in [-0.2, -0.15) is 0 Å². The number of benzene rings is 2. The molecule has 0 atom stereocenters. The van der Waals surface area contributed by atoms with Crippen molar-refractivity contribution in [2.24, 2.45) is 0 Å². The molecule has 0 amide bonds. The van der Waals surface area contributed by atoms with Crippen LogP contribution in [0.15, 0.2) is 36.4 Å². The lowest BCUT2D eigenvalue weighted by Gasteiger charge is -2.38. The van der Waals surface area contributed by atoms with Crippen molar-refractivity contribution in [1.29, 1.82) is 0 Å². The smallest absolute Gasteiger partial charge is 0.156 e. The molecule has 0 N–H and O–H groups in total. The fourth-order valence-electron chi connectivity index (χ4n) is 3.49. The van der Waals surface area contributed by atoms with E-state index in [1.807, 2.05) is 0 Å². The van der Waals surface area contributed by atoms with Crippen molar-refractivity contribution in [2.45, 2.75) is 33.1 Å². The first-order valence-corrected chi connectivity index (χ1v) is 8.02. The molecule has 4 rings (SSSR count). The van der Waals surface area contributed by atoms with Crippen LogP contribution < -0.4 is 4.90 Å². The van der Waals surface area contributed by atoms with Gasteiger partial charge in [-0.3, -0.25) is 0 Å². The molecule has 3 aromatic rings. The van der Waals surface area contributed by atoms with E-state index in [1.165, 1.54) is 22.4 Å². The summed E-state index contributed by atoms with van der Waals surface area (Å²) in [5.41, 5.74) is 7.86. The molecule has 3 nitrogen and oxygen atoms in total. The van der Waals surface area contributed by atoms with E-state index in [4.69, 9.17) is 9.97 Å². The Balaban J connectivity index is 2.07. The molecule has 1 aliphatic heterocycles. The second kappa shape index (κ2) is 4.54. The molecule has 23 heavy (non-hydrogen) atoms. The Bertz CT molecular complexity index is 941. The van der Waals surface area contributed by atoms with Gasteiger partial charge in [-0.15, -0.1) is 0 Å². The van der Waals surface area contributed by atoms with Gasteiger partial charge in [0, 0.05) is 18.2 Å². The van der Waals surface area contributed by atoms with Gasteiger partial charge in [0.15, 0.2) is 5.82 Å². The molecule has 116 valence electrons. The molecule has 0 bridgehead atoms. The fraction of sp³-hybridized carbons (Fsp3) is 0.300. The SMILES string of the molecule is Cc1cc2nc3c(nc2cc1C)C(C)(C)c1ccccc1N3C. The van der Waals surface area contributed by atoms with Crippen molar-refractivity contribution in [2.75, 3.05) is 11.9 Å². The number of aryl methyl sites for hydroxylation is 2. The largest absolute Gasteiger partial charge is 0.328 e. The lowest BCUT2D eigenvalue weighted by molar-refractivity contribution is 0.604. The minimum atomic E-state index is -0.154. The van der Waals surface area contributed by atoms with E-state index in [9.17, 15) is 0 Å². The highest BCUT2D eigenvalue weighted by Crippen LogP contribution is 2.46. The zero-order chi connectivity index (χ0) is 16.4. The Hall–Kier alpha value is -2.42. The van der Waals surface area contributed by atoms with Crippen LogP contribution in [0.5, 0.6) is 0 Å². The number of para-hydroxylation sites is 1. The van der Waals surface area contributed by atoms with Gasteiger partial charge in [0.2, 0.25) is 0 Å². The summed E-state index contributed by atoms with van der Waals surface area (Å²) in [5.74, 6) is 0.962. The molecule has 0 fully saturated rings. The van der Waals surface area contributed by atoms with Crippen LogP contribution in [-0.2, 0) is 5.41 Å². The van der Waals surface area contributed by atoms with E-state index in [2.05, 4.69) is 76.0 Å². The Morgan fingerprint density at radius 2 is 1.52 bits per heavy atom. The highest BCUT2D eigenvalue weighted by molar-refractivity contribution is 5.82. The highest BCUT2D eigenvalue weighted by Gasteiger charge is 2.37. The summed E-state index contributed by atoms with van der Waals surface area (Å²) in [5, 5.41) is 0. The third-order valence-electron chi connectivity index (χ3n) is 5.11. The number of nitrogens with zero attached hydrogens (tertiary/aromatic N) is 3. The van der Waals surface area contributed by atoms with E-state index in [0.717, 1.165) is 22.5 Å². The minimum Gasteiger partial charge on any atom is -0.328 e. The molecule has 0 saturated heterocycles. The first-order valence-electron chi connectivity index (χ1n) is 8.02. The summed E-state index contributed by atoms with van der Waals surface area (Å²) in [6, 6.07) is 12.8. The Morgan fingerprint density at radius 3 is 2.22 bits per heavy atom. The maximum atomic E-state index is 5.02. The van der Waals surface area contributed by atoms with Crippen LogP contribution in [0.2, 0.25) is 0 Å². The van der Waals surface area contributed by atoms with Crippen LogP contribution in [0.1, 0.15) is 36.2 Å². The maximum Gasteiger partial charge on any atom is 0.156 e. The van der Waals surface area contributed by atoms with Gasteiger partial charge in [0.1, 0.15) is 0 Å². The molecule has 2 aromatic carbocycles. The first kappa shape index (κ1) is 14.2. The summed E-state index contributed by atoms with van der Waals surface area (Å²) in [4.78, 5) is 12.1. The third kappa shape index (κ3) is 1.89. The summed E-state index contributed by atoms with van der Waals surface area (Å²) in [7, 11) is 2.08. The lowest BCUT2D eigenvalue weighted by Crippen LogP contribution is -2.32. The summed E-state index contributed by atoms with van der Waals surface area (Å²) in [6.07, 6.45) is 0. The molecule has 0 unspecified atom stereocenters. The number of hydrogen-bond donors (Lipinski definition) is 0. The van der Waals surface area contributed by atoms with Crippen LogP contribution in [0.4, 0.5) is 11.5 Å². The first-order chi connectivity index (χ1) is 10.9. The normalized spacial score (nSPS) is 15.4. The second-order valence-electron chi connectivity index (χ2n) is 7.02. The van der Waals surface area contributed by atoms with Crippen LogP contribution in [-0.4, -0.2) is 17.0 Å². The van der Waals surface area contributed by atoms with Crippen LogP contribution in [0.3, 0.4) is 0 Å². The van der Waals surface area contributed by atoms with Crippen molar-refractivity contribution in [3.63, 3.8) is 0 Å². The summed E-state index contributed by atoms with van der Waals surface area (Å²) < 4.78 is 0. The molecule has 2 heterocycles. The van der Waals surface area contributed by atoms with Crippen LogP contribution >= 0.6 is 0 Å². The Morgan fingerprint density at radius 1 is 0.913 bits per heavy atom. The van der Waals surface area contributed by atoms with Crippen molar-refractivity contribution in [3.05, 3.63) is 58.8 Å². The number of anilines is 2. The monoisotopic (exact) mass is 303 g/mol. The number of hydrogen-bond acceptors (Lipinski definition) is 3. The molecule has 3 heteroatoms. The van der Waals surface area contributed by atoms with Gasteiger partial charge in [-0.1, -0.05) is 18.2 Å². The van der Waals surface area contributed by atoms with Crippen molar-refractivity contribution in [1.82, 2.24) is 9.97 Å². The van der Waals surface area contributed by atoms with Crippen LogP contribution in [0.25, 0.3) is 11.0 Å². The number of fused-ring (bicyclic) bond motifs is 3. The molecule has 1 aromatic heterocycles. The van der Waals surface area contributed by atoms with Gasteiger partial charge < -0.3 is 4.90 Å². The van der Waals surface area contributed by atoms with Gasteiger partial charge in [-0.05, 0) is 62.6 Å². The standard InChI is InChI=1S/C20H21N3/c1-12-10-15-16(11-13(12)2)22-19-18(21-15)20(3,4)14-8-6-7-9-17(14)23(19)5/h6-11H,1-5H3. The second-order valence-corrected chi connectivity index (χ2v) is 7.02. The molecular weight excluding hydrogens is 282 g/mol. The Kier molecular flexibility index (Phi) is 2.80. The van der Waals surface area contributed by atoms with Crippen molar-refractivity contribution in [3.8, 4) is 0 Å². The maximum absolute atomic E-state index is 5.02. The zero-order valence-electron chi connectivity index (χ0n) is 14.3. The highest BCUT2D eigenvalue weighted by atomic mass is 15.2. The van der Waals surface area contributed by atoms with Crippen LogP contribution in [0, 0.1) is 13.8 Å². The molecule has 0 spiro atoms. The van der Waals surface area contributed by atoms with Crippen molar-refractivity contribution < 1.29 is 0 Å². The topological polar surface area (TPSA) is 29.0 Å². The quantitative estimate of drug-likeness (QED) is 0.605. The van der Waals surface area contributed by atoms with E-state index >= 15 is 0 Å². The zero-order valence-corrected chi connectivity index (χ0v) is 14.3. The van der Waals surface area contributed by atoms with E-state index < -0.39 is 0 Å². The predicted molar refractivity (Wildman–Crippen MR) is 95.6 cm³/mol.